The minimum absolute atomic E-state index is 0.201. The number of ether oxygens (including phenoxy) is 2. The second kappa shape index (κ2) is 16.2. The zero-order chi connectivity index (χ0) is 30.6. The van der Waals surface area contributed by atoms with Gasteiger partial charge in [-0.2, -0.15) is 0 Å². The fourth-order valence-corrected chi connectivity index (χ4v) is 5.66. The Morgan fingerprint density at radius 1 is 0.884 bits per heavy atom. The topological polar surface area (TPSA) is 126 Å². The first kappa shape index (κ1) is 32.2. The van der Waals surface area contributed by atoms with Gasteiger partial charge in [0.15, 0.2) is 0 Å². The zero-order valence-corrected chi connectivity index (χ0v) is 25.2. The van der Waals surface area contributed by atoms with E-state index in [9.17, 15) is 19.2 Å². The summed E-state index contributed by atoms with van der Waals surface area (Å²) in [5.41, 5.74) is 3.10. The molecule has 4 rings (SSSR count). The molecule has 1 aliphatic carbocycles. The molecule has 0 aromatic heterocycles. The summed E-state index contributed by atoms with van der Waals surface area (Å²) in [5, 5.41) is 8.40. The molecule has 4 amide bonds. The number of amides is 4. The molecule has 10 heteroatoms. The molecule has 2 atom stereocenters. The number of nitrogens with one attached hydrogen (secondary N) is 3. The Labute approximate surface area is 253 Å². The number of nitrogens with zero attached hydrogens (tertiary/aromatic N) is 1. The summed E-state index contributed by atoms with van der Waals surface area (Å²) in [6, 6.07) is 12.6. The Morgan fingerprint density at radius 2 is 1.56 bits per heavy atom. The molecule has 1 saturated heterocycles. The highest BCUT2D eigenvalue weighted by Crippen LogP contribution is 2.27. The quantitative estimate of drug-likeness (QED) is 0.321. The van der Waals surface area contributed by atoms with Crippen LogP contribution in [0.25, 0.3) is 0 Å². The van der Waals surface area contributed by atoms with E-state index in [1.54, 1.807) is 4.90 Å². The number of Topliss-reactive ketones (excluding diaryl/α,β-unsaturated/α-hetero) is 1. The number of hydrogen-bond donors (Lipinski definition) is 3. The Balaban J connectivity index is 1.49. The van der Waals surface area contributed by atoms with E-state index in [-0.39, 0.29) is 25.2 Å². The lowest BCUT2D eigenvalue weighted by Gasteiger charge is -2.31. The average molecular weight is 593 g/mol. The minimum atomic E-state index is -1.24. The van der Waals surface area contributed by atoms with Crippen LogP contribution in [0.5, 0.6) is 0 Å². The zero-order valence-electron chi connectivity index (χ0n) is 25.2. The number of rotatable bonds is 12. The molecular formula is C33H44N4O6. The van der Waals surface area contributed by atoms with Crippen LogP contribution in [0.1, 0.15) is 55.2 Å². The molecule has 3 N–H and O–H groups in total. The molecule has 232 valence electrons. The third-order valence-electron chi connectivity index (χ3n) is 8.18. The highest BCUT2D eigenvalue weighted by Gasteiger charge is 2.33. The van der Waals surface area contributed by atoms with Crippen LogP contribution in [-0.4, -0.2) is 73.5 Å². The van der Waals surface area contributed by atoms with Gasteiger partial charge in [0.25, 0.3) is 5.91 Å². The first-order chi connectivity index (χ1) is 20.8. The lowest BCUT2D eigenvalue weighted by atomic mass is 9.84. The van der Waals surface area contributed by atoms with Crippen molar-refractivity contribution in [1.29, 1.82) is 0 Å². The van der Waals surface area contributed by atoms with Gasteiger partial charge in [-0.25, -0.2) is 4.79 Å². The first-order valence-corrected chi connectivity index (χ1v) is 15.3. The van der Waals surface area contributed by atoms with E-state index in [0.717, 1.165) is 48.8 Å². The number of morpholine rings is 1. The van der Waals surface area contributed by atoms with Crippen molar-refractivity contribution in [3.63, 3.8) is 0 Å². The van der Waals surface area contributed by atoms with E-state index < -0.39 is 29.7 Å². The molecule has 43 heavy (non-hydrogen) atoms. The number of ketones is 1. The summed E-state index contributed by atoms with van der Waals surface area (Å²) in [5.74, 6) is -1.88. The second-order valence-electron chi connectivity index (χ2n) is 11.5. The number of carbonyl (C=O) groups is 4. The predicted molar refractivity (Wildman–Crippen MR) is 163 cm³/mol. The van der Waals surface area contributed by atoms with Crippen molar-refractivity contribution in [2.45, 2.75) is 71.1 Å². The molecule has 0 spiro atoms. The Bertz CT molecular complexity index is 1220. The first-order valence-electron chi connectivity index (χ1n) is 15.3. The van der Waals surface area contributed by atoms with E-state index in [2.05, 4.69) is 16.0 Å². The molecule has 1 aliphatic heterocycles. The van der Waals surface area contributed by atoms with Crippen LogP contribution in [0.4, 0.5) is 10.5 Å². The number of hydrogen-bond acceptors (Lipinski definition) is 6. The van der Waals surface area contributed by atoms with Gasteiger partial charge in [0.1, 0.15) is 12.1 Å². The summed E-state index contributed by atoms with van der Waals surface area (Å²) in [7, 11) is 0. The largest absolute Gasteiger partial charge is 0.378 e. The maximum absolute atomic E-state index is 13.8. The van der Waals surface area contributed by atoms with Gasteiger partial charge in [-0.3, -0.25) is 14.4 Å². The van der Waals surface area contributed by atoms with E-state index in [4.69, 9.17) is 9.47 Å². The van der Waals surface area contributed by atoms with Gasteiger partial charge in [-0.05, 0) is 42.9 Å². The lowest BCUT2D eigenvalue weighted by molar-refractivity contribution is -0.139. The highest BCUT2D eigenvalue weighted by molar-refractivity contribution is 6.42. The van der Waals surface area contributed by atoms with Gasteiger partial charge in [-0.1, -0.05) is 80.6 Å². The number of aryl methyl sites for hydroxylation is 2. The van der Waals surface area contributed by atoms with Crippen molar-refractivity contribution < 1.29 is 28.7 Å². The molecule has 2 aliphatic rings. The number of para-hydroxylation sites is 1. The normalized spacial score (nSPS) is 17.0. The van der Waals surface area contributed by atoms with Crippen LogP contribution in [0, 0.1) is 19.8 Å². The smallest absolute Gasteiger partial charge is 0.318 e. The summed E-state index contributed by atoms with van der Waals surface area (Å²) in [6.07, 6.45) is 5.77. The van der Waals surface area contributed by atoms with Crippen molar-refractivity contribution in [3.05, 3.63) is 65.2 Å². The Morgan fingerprint density at radius 3 is 2.23 bits per heavy atom. The molecule has 2 fully saturated rings. The Hall–Kier alpha value is -3.76. The van der Waals surface area contributed by atoms with Crippen molar-refractivity contribution >= 4 is 29.3 Å². The summed E-state index contributed by atoms with van der Waals surface area (Å²) < 4.78 is 11.2. The average Bonchev–Trinajstić information content (AvgIpc) is 3.03. The van der Waals surface area contributed by atoms with Gasteiger partial charge in [0, 0.05) is 18.8 Å². The standard InChI is InChI=1S/C33H44N4O6/c1-23-10-9-11-24(2)29(23)36-32(40)30(38)28(22-43-21-26-14-7-4-8-15-26)34-31(39)27(20-25-12-5-3-6-13-25)35-33(41)37-16-18-42-19-17-37/h4,7-11,14-15,25,27-28H,3,5-6,12-13,16-22H2,1-2H3,(H,34,39)(H,35,41)(H,36,40)/t27-,28-/m0/s1. The fraction of sp³-hybridized carbons (Fsp3) is 0.515. The highest BCUT2D eigenvalue weighted by atomic mass is 16.5. The number of carbonyl (C=O) groups excluding carboxylic acids is 4. The van der Waals surface area contributed by atoms with Crippen molar-refractivity contribution in [1.82, 2.24) is 15.5 Å². The third-order valence-corrected chi connectivity index (χ3v) is 8.18. The summed E-state index contributed by atoms with van der Waals surface area (Å²) >= 11 is 0. The van der Waals surface area contributed by atoms with E-state index >= 15 is 0 Å². The van der Waals surface area contributed by atoms with E-state index in [1.165, 1.54) is 0 Å². The molecule has 2 aromatic carbocycles. The van der Waals surface area contributed by atoms with Gasteiger partial charge < -0.3 is 30.3 Å². The molecule has 10 nitrogen and oxygen atoms in total. The molecule has 0 unspecified atom stereocenters. The maximum atomic E-state index is 13.8. The van der Waals surface area contributed by atoms with E-state index in [0.29, 0.717) is 38.4 Å². The molecule has 2 aromatic rings. The van der Waals surface area contributed by atoms with Gasteiger partial charge >= 0.3 is 6.03 Å². The second-order valence-corrected chi connectivity index (χ2v) is 11.5. The molecule has 1 heterocycles. The van der Waals surface area contributed by atoms with Crippen LogP contribution in [0.3, 0.4) is 0 Å². The lowest BCUT2D eigenvalue weighted by Crippen LogP contribution is -2.57. The van der Waals surface area contributed by atoms with Crippen LogP contribution in [-0.2, 0) is 30.5 Å². The van der Waals surface area contributed by atoms with Crippen LogP contribution in [0.15, 0.2) is 48.5 Å². The van der Waals surface area contributed by atoms with Crippen molar-refractivity contribution in [2.24, 2.45) is 5.92 Å². The minimum Gasteiger partial charge on any atom is -0.378 e. The predicted octanol–water partition coefficient (Wildman–Crippen LogP) is 3.89. The molecule has 1 saturated carbocycles. The Kier molecular flexibility index (Phi) is 12.1. The monoisotopic (exact) mass is 592 g/mol. The molecular weight excluding hydrogens is 548 g/mol. The van der Waals surface area contributed by atoms with Crippen LogP contribution < -0.4 is 16.0 Å². The third kappa shape index (κ3) is 9.62. The van der Waals surface area contributed by atoms with Crippen molar-refractivity contribution in [3.8, 4) is 0 Å². The van der Waals surface area contributed by atoms with Crippen molar-refractivity contribution in [2.75, 3.05) is 38.2 Å². The van der Waals surface area contributed by atoms with Gasteiger partial charge in [0.2, 0.25) is 11.7 Å². The molecule has 0 bridgehead atoms. The summed E-state index contributed by atoms with van der Waals surface area (Å²) in [4.78, 5) is 55.2. The fourth-order valence-electron chi connectivity index (χ4n) is 5.66. The number of benzene rings is 2. The van der Waals surface area contributed by atoms with Gasteiger partial charge in [0.05, 0.1) is 26.4 Å². The van der Waals surface area contributed by atoms with Gasteiger partial charge in [-0.15, -0.1) is 0 Å². The van der Waals surface area contributed by atoms with Crippen LogP contribution >= 0.6 is 0 Å². The van der Waals surface area contributed by atoms with E-state index in [1.807, 2.05) is 62.4 Å². The summed E-state index contributed by atoms with van der Waals surface area (Å²) in [6.45, 7) is 5.47. The SMILES string of the molecule is Cc1cccc(C)c1NC(=O)C(=O)[C@H](COCc1ccccc1)NC(=O)[C@H](CC1CCCCC1)NC(=O)N1CCOCC1. The van der Waals surface area contributed by atoms with Crippen LogP contribution in [0.2, 0.25) is 0 Å². The number of anilines is 1. The number of urea groups is 1. The molecule has 0 radical (unpaired) electrons. The maximum Gasteiger partial charge on any atom is 0.318 e.